The minimum atomic E-state index is 0.243. The molecule has 1 unspecified atom stereocenters. The van der Waals surface area contributed by atoms with E-state index < -0.39 is 0 Å². The van der Waals surface area contributed by atoms with Crippen LogP contribution in [0.25, 0.3) is 0 Å². The highest BCUT2D eigenvalue weighted by Gasteiger charge is 2.41. The fourth-order valence-electron chi connectivity index (χ4n) is 3.36. The molecule has 90 valence electrons. The molecule has 0 radical (unpaired) electrons. The predicted molar refractivity (Wildman–Crippen MR) is 70.1 cm³/mol. The molecule has 1 heterocycles. The second kappa shape index (κ2) is 4.17. The van der Waals surface area contributed by atoms with E-state index in [1.54, 1.807) is 7.11 Å². The Morgan fingerprint density at radius 3 is 3.06 bits per heavy atom. The third kappa shape index (κ3) is 1.67. The molecule has 2 aliphatic rings. The topological polar surface area (TPSA) is 21.6 Å². The normalized spacial score (nSPS) is 27.5. The van der Waals surface area contributed by atoms with Gasteiger partial charge in [-0.25, -0.2) is 0 Å². The van der Waals surface area contributed by atoms with Crippen molar-refractivity contribution in [1.82, 2.24) is 0 Å². The average molecular weight is 229 g/mol. The number of hydrogen-bond donors (Lipinski definition) is 0. The van der Waals surface area contributed by atoms with Gasteiger partial charge in [-0.2, -0.15) is 0 Å². The summed E-state index contributed by atoms with van der Waals surface area (Å²) in [4.78, 5) is 4.74. The quantitative estimate of drug-likeness (QED) is 0.762. The van der Waals surface area contributed by atoms with Gasteiger partial charge in [-0.15, -0.1) is 0 Å². The molecule has 3 rings (SSSR count). The monoisotopic (exact) mass is 229 g/mol. The SMILES string of the molecule is COc1cccc(C23CCCCC2=NCC3)c1. The van der Waals surface area contributed by atoms with Crippen LogP contribution < -0.4 is 4.74 Å². The third-order valence-corrected chi connectivity index (χ3v) is 4.28. The van der Waals surface area contributed by atoms with Gasteiger partial charge in [0, 0.05) is 17.7 Å². The maximum atomic E-state index is 5.35. The van der Waals surface area contributed by atoms with Crippen molar-refractivity contribution in [2.24, 2.45) is 4.99 Å². The summed E-state index contributed by atoms with van der Waals surface area (Å²) in [6.07, 6.45) is 6.28. The standard InChI is InChI=1S/C15H19NO/c1-17-13-6-4-5-12(11-13)15-8-3-2-7-14(15)16-10-9-15/h4-6,11H,2-3,7-10H2,1H3. The first-order valence-corrected chi connectivity index (χ1v) is 6.53. The number of aliphatic imine (C=N–C) groups is 1. The van der Waals surface area contributed by atoms with Crippen LogP contribution in [-0.2, 0) is 5.41 Å². The maximum absolute atomic E-state index is 5.35. The van der Waals surface area contributed by atoms with E-state index in [2.05, 4.69) is 18.2 Å². The van der Waals surface area contributed by atoms with Crippen LogP contribution >= 0.6 is 0 Å². The summed E-state index contributed by atoms with van der Waals surface area (Å²) in [6.45, 7) is 1.01. The Bertz CT molecular complexity index is 452. The number of benzene rings is 1. The summed E-state index contributed by atoms with van der Waals surface area (Å²) >= 11 is 0. The second-order valence-corrected chi connectivity index (χ2v) is 5.10. The molecular formula is C15H19NO. The lowest BCUT2D eigenvalue weighted by Crippen LogP contribution is -2.35. The van der Waals surface area contributed by atoms with Crippen LogP contribution in [0.3, 0.4) is 0 Å². The van der Waals surface area contributed by atoms with Gasteiger partial charge in [0.1, 0.15) is 5.75 Å². The number of fused-ring (bicyclic) bond motifs is 1. The van der Waals surface area contributed by atoms with Crippen LogP contribution in [-0.4, -0.2) is 19.4 Å². The molecule has 1 aliphatic heterocycles. The van der Waals surface area contributed by atoms with E-state index in [4.69, 9.17) is 9.73 Å². The van der Waals surface area contributed by atoms with Gasteiger partial charge in [0.15, 0.2) is 0 Å². The van der Waals surface area contributed by atoms with Crippen molar-refractivity contribution in [3.8, 4) is 5.75 Å². The number of hydrogen-bond acceptors (Lipinski definition) is 2. The van der Waals surface area contributed by atoms with Gasteiger partial charge in [0.05, 0.1) is 7.11 Å². The summed E-state index contributed by atoms with van der Waals surface area (Å²) in [7, 11) is 1.74. The average Bonchev–Trinajstić information content (AvgIpc) is 2.84. The van der Waals surface area contributed by atoms with Gasteiger partial charge in [-0.05, 0) is 43.4 Å². The zero-order valence-corrected chi connectivity index (χ0v) is 10.4. The molecule has 1 aromatic carbocycles. The summed E-state index contributed by atoms with van der Waals surface area (Å²) in [5.41, 5.74) is 3.09. The Labute approximate surface area is 103 Å². The fraction of sp³-hybridized carbons (Fsp3) is 0.533. The molecule has 0 N–H and O–H groups in total. The van der Waals surface area contributed by atoms with Crippen LogP contribution in [0.5, 0.6) is 5.75 Å². The molecule has 0 aromatic heterocycles. The minimum absolute atomic E-state index is 0.243. The highest BCUT2D eigenvalue weighted by atomic mass is 16.5. The zero-order valence-electron chi connectivity index (χ0n) is 10.4. The van der Waals surface area contributed by atoms with Crippen LogP contribution in [0.4, 0.5) is 0 Å². The van der Waals surface area contributed by atoms with E-state index in [9.17, 15) is 0 Å². The molecule has 0 bridgehead atoms. The molecule has 1 saturated carbocycles. The van der Waals surface area contributed by atoms with Crippen molar-refractivity contribution >= 4 is 5.71 Å². The van der Waals surface area contributed by atoms with Gasteiger partial charge in [0.25, 0.3) is 0 Å². The van der Waals surface area contributed by atoms with E-state index in [0.717, 1.165) is 12.3 Å². The number of nitrogens with zero attached hydrogens (tertiary/aromatic N) is 1. The molecule has 1 atom stereocenters. The summed E-state index contributed by atoms with van der Waals surface area (Å²) in [5, 5.41) is 0. The highest BCUT2D eigenvalue weighted by molar-refractivity contribution is 5.97. The maximum Gasteiger partial charge on any atom is 0.119 e. The Kier molecular flexibility index (Phi) is 2.65. The Balaban J connectivity index is 2.03. The largest absolute Gasteiger partial charge is 0.497 e. The zero-order chi connectivity index (χ0) is 11.7. The number of ether oxygens (including phenoxy) is 1. The smallest absolute Gasteiger partial charge is 0.119 e. The van der Waals surface area contributed by atoms with Gasteiger partial charge >= 0.3 is 0 Å². The van der Waals surface area contributed by atoms with E-state index in [-0.39, 0.29) is 5.41 Å². The van der Waals surface area contributed by atoms with Crippen molar-refractivity contribution < 1.29 is 4.74 Å². The lowest BCUT2D eigenvalue weighted by atomic mass is 9.67. The van der Waals surface area contributed by atoms with Crippen molar-refractivity contribution in [3.63, 3.8) is 0 Å². The minimum Gasteiger partial charge on any atom is -0.497 e. The molecule has 0 spiro atoms. The molecule has 1 aromatic rings. The third-order valence-electron chi connectivity index (χ3n) is 4.28. The molecule has 1 fully saturated rings. The van der Waals surface area contributed by atoms with Gasteiger partial charge in [0.2, 0.25) is 0 Å². The summed E-state index contributed by atoms with van der Waals surface area (Å²) in [5.74, 6) is 0.966. The lowest BCUT2D eigenvalue weighted by Gasteiger charge is -2.35. The van der Waals surface area contributed by atoms with Gasteiger partial charge in [-0.1, -0.05) is 18.6 Å². The highest BCUT2D eigenvalue weighted by Crippen LogP contribution is 2.44. The Morgan fingerprint density at radius 1 is 1.24 bits per heavy atom. The number of rotatable bonds is 2. The van der Waals surface area contributed by atoms with E-state index >= 15 is 0 Å². The van der Waals surface area contributed by atoms with Crippen LogP contribution in [0, 0.1) is 0 Å². The lowest BCUT2D eigenvalue weighted by molar-refractivity contribution is 0.409. The molecule has 1 aliphatic carbocycles. The second-order valence-electron chi connectivity index (χ2n) is 5.10. The molecule has 0 saturated heterocycles. The van der Waals surface area contributed by atoms with Crippen LogP contribution in [0.15, 0.2) is 29.3 Å². The Morgan fingerprint density at radius 2 is 2.18 bits per heavy atom. The molecular weight excluding hydrogens is 210 g/mol. The van der Waals surface area contributed by atoms with Gasteiger partial charge < -0.3 is 4.74 Å². The van der Waals surface area contributed by atoms with Crippen LogP contribution in [0.2, 0.25) is 0 Å². The molecule has 2 nitrogen and oxygen atoms in total. The van der Waals surface area contributed by atoms with E-state index in [1.807, 2.05) is 6.07 Å². The van der Waals surface area contributed by atoms with Gasteiger partial charge in [-0.3, -0.25) is 4.99 Å². The molecule has 17 heavy (non-hydrogen) atoms. The Hall–Kier alpha value is -1.31. The first-order valence-electron chi connectivity index (χ1n) is 6.53. The first-order chi connectivity index (χ1) is 8.35. The van der Waals surface area contributed by atoms with Crippen molar-refractivity contribution in [2.75, 3.05) is 13.7 Å². The summed E-state index contributed by atoms with van der Waals surface area (Å²) < 4.78 is 5.35. The van der Waals surface area contributed by atoms with Crippen molar-refractivity contribution in [1.29, 1.82) is 0 Å². The van der Waals surface area contributed by atoms with Crippen molar-refractivity contribution in [2.45, 2.75) is 37.5 Å². The van der Waals surface area contributed by atoms with Crippen LogP contribution in [0.1, 0.15) is 37.7 Å². The fourth-order valence-corrected chi connectivity index (χ4v) is 3.36. The van der Waals surface area contributed by atoms with Crippen molar-refractivity contribution in [3.05, 3.63) is 29.8 Å². The predicted octanol–water partition coefficient (Wildman–Crippen LogP) is 3.35. The van der Waals surface area contributed by atoms with E-state index in [0.29, 0.717) is 0 Å². The summed E-state index contributed by atoms with van der Waals surface area (Å²) in [6, 6.07) is 8.57. The van der Waals surface area contributed by atoms with E-state index in [1.165, 1.54) is 43.4 Å². The first kappa shape index (κ1) is 10.8. The molecule has 2 heteroatoms. The number of methoxy groups -OCH3 is 1. The molecule has 0 amide bonds.